The van der Waals surface area contributed by atoms with E-state index in [4.69, 9.17) is 11.6 Å². The molecule has 1 aromatic carbocycles. The van der Waals surface area contributed by atoms with Crippen molar-refractivity contribution < 1.29 is 13.2 Å². The minimum absolute atomic E-state index is 0.0778. The van der Waals surface area contributed by atoms with Crippen molar-refractivity contribution in [3.8, 4) is 0 Å². The zero-order valence-electron chi connectivity index (χ0n) is 9.31. The number of hydrogen-bond acceptors (Lipinski definition) is 2. The van der Waals surface area contributed by atoms with E-state index < -0.39 is 17.5 Å². The molecule has 2 rings (SSSR count). The molecule has 6 heteroatoms. The highest BCUT2D eigenvalue weighted by Crippen LogP contribution is 2.30. The van der Waals surface area contributed by atoms with Crippen LogP contribution >= 0.6 is 22.9 Å². The smallest absolute Gasteiger partial charge is 0.196 e. The number of benzene rings is 1. The minimum Gasteiger partial charge on any atom is -0.375 e. The van der Waals surface area contributed by atoms with E-state index in [-0.39, 0.29) is 11.7 Å². The fourth-order valence-electron chi connectivity index (χ4n) is 1.50. The van der Waals surface area contributed by atoms with Crippen molar-refractivity contribution in [2.75, 3.05) is 5.32 Å². The van der Waals surface area contributed by atoms with Crippen molar-refractivity contribution in [3.05, 3.63) is 50.9 Å². The first-order valence-corrected chi connectivity index (χ1v) is 6.33. The Balaban J connectivity index is 2.22. The monoisotopic (exact) mass is 291 g/mol. The number of rotatable bonds is 3. The molecule has 0 aliphatic rings. The fraction of sp³-hybridized carbons (Fsp3) is 0.167. The molecular weight excluding hydrogens is 283 g/mol. The fourth-order valence-corrected chi connectivity index (χ4v) is 2.57. The molecule has 0 aliphatic heterocycles. The number of hydrogen-bond donors (Lipinski definition) is 1. The zero-order valence-corrected chi connectivity index (χ0v) is 10.9. The third-order valence-electron chi connectivity index (χ3n) is 2.43. The summed E-state index contributed by atoms with van der Waals surface area (Å²) in [5.41, 5.74) is -0.0778. The normalized spacial score (nSPS) is 12.5. The van der Waals surface area contributed by atoms with Gasteiger partial charge in [0.2, 0.25) is 0 Å². The maximum Gasteiger partial charge on any atom is 0.196 e. The Hall–Kier alpha value is -1.20. The Labute approximate surface area is 111 Å². The first-order valence-electron chi connectivity index (χ1n) is 5.14. The lowest BCUT2D eigenvalue weighted by Crippen LogP contribution is -2.08. The van der Waals surface area contributed by atoms with Gasteiger partial charge in [0.05, 0.1) is 16.1 Å². The van der Waals surface area contributed by atoms with Crippen molar-refractivity contribution in [1.82, 2.24) is 0 Å². The molecule has 1 N–H and O–H groups in total. The van der Waals surface area contributed by atoms with Crippen LogP contribution in [0.1, 0.15) is 17.8 Å². The Morgan fingerprint density at radius 2 is 1.83 bits per heavy atom. The van der Waals surface area contributed by atoms with Crippen molar-refractivity contribution in [2.45, 2.75) is 13.0 Å². The molecule has 0 saturated heterocycles. The van der Waals surface area contributed by atoms with Crippen molar-refractivity contribution in [3.63, 3.8) is 0 Å². The summed E-state index contributed by atoms with van der Waals surface area (Å²) in [6.45, 7) is 1.78. The topological polar surface area (TPSA) is 12.0 Å². The number of nitrogens with one attached hydrogen (secondary N) is 1. The number of anilines is 1. The first kappa shape index (κ1) is 13.2. The Bertz CT molecular complexity index is 570. The molecule has 2 aromatic rings. The van der Waals surface area contributed by atoms with Crippen LogP contribution in [0.3, 0.4) is 0 Å². The van der Waals surface area contributed by atoms with Gasteiger partial charge in [0.1, 0.15) is 0 Å². The van der Waals surface area contributed by atoms with Gasteiger partial charge in [-0.25, -0.2) is 13.2 Å². The molecular formula is C12H9ClF3NS. The molecule has 0 bridgehead atoms. The van der Waals surface area contributed by atoms with Gasteiger partial charge in [-0.05, 0) is 31.2 Å². The average molecular weight is 292 g/mol. The number of halogens is 4. The molecule has 1 unspecified atom stereocenters. The van der Waals surface area contributed by atoms with E-state index in [1.807, 2.05) is 0 Å². The van der Waals surface area contributed by atoms with Crippen molar-refractivity contribution in [1.29, 1.82) is 0 Å². The van der Waals surface area contributed by atoms with Gasteiger partial charge in [0, 0.05) is 4.88 Å². The standard InChI is InChI=1S/C12H9ClF3NS/c1-6(9-4-5-10(13)18-9)17-8-3-2-7(14)11(15)12(8)16/h2-6,17H,1H3. The molecule has 0 aliphatic carbocycles. The average Bonchev–Trinajstić information content (AvgIpc) is 2.77. The van der Waals surface area contributed by atoms with Crippen LogP contribution in [-0.4, -0.2) is 0 Å². The van der Waals surface area contributed by atoms with Gasteiger partial charge in [-0.3, -0.25) is 0 Å². The molecule has 1 nitrogen and oxygen atoms in total. The molecule has 1 aromatic heterocycles. The van der Waals surface area contributed by atoms with Crippen LogP contribution in [0.5, 0.6) is 0 Å². The Morgan fingerprint density at radius 1 is 1.11 bits per heavy atom. The summed E-state index contributed by atoms with van der Waals surface area (Å²) in [4.78, 5) is 0.879. The van der Waals surface area contributed by atoms with Crippen LogP contribution in [0, 0.1) is 17.5 Å². The molecule has 0 fully saturated rings. The van der Waals surface area contributed by atoms with Crippen LogP contribution in [-0.2, 0) is 0 Å². The van der Waals surface area contributed by atoms with Gasteiger partial charge in [0.15, 0.2) is 17.5 Å². The lowest BCUT2D eigenvalue weighted by Gasteiger charge is -2.14. The Kier molecular flexibility index (Phi) is 3.82. The van der Waals surface area contributed by atoms with Gasteiger partial charge >= 0.3 is 0 Å². The Morgan fingerprint density at radius 3 is 2.44 bits per heavy atom. The summed E-state index contributed by atoms with van der Waals surface area (Å²) in [5, 5.41) is 2.78. The molecule has 0 saturated carbocycles. The van der Waals surface area contributed by atoms with E-state index in [2.05, 4.69) is 5.32 Å². The zero-order chi connectivity index (χ0) is 13.3. The molecule has 0 spiro atoms. The molecule has 1 heterocycles. The lowest BCUT2D eigenvalue weighted by atomic mass is 10.2. The van der Waals surface area contributed by atoms with Crippen molar-refractivity contribution >= 4 is 28.6 Å². The predicted octanol–water partition coefficient (Wildman–Crippen LogP) is 4.99. The summed E-state index contributed by atoms with van der Waals surface area (Å²) in [5.74, 6) is -3.90. The predicted molar refractivity (Wildman–Crippen MR) is 67.7 cm³/mol. The van der Waals surface area contributed by atoms with E-state index in [1.54, 1.807) is 19.1 Å². The van der Waals surface area contributed by atoms with E-state index in [9.17, 15) is 13.2 Å². The van der Waals surface area contributed by atoms with Crippen LogP contribution < -0.4 is 5.32 Å². The minimum atomic E-state index is -1.48. The van der Waals surface area contributed by atoms with Crippen LogP contribution in [0.15, 0.2) is 24.3 Å². The maximum absolute atomic E-state index is 13.4. The lowest BCUT2D eigenvalue weighted by molar-refractivity contribution is 0.448. The molecule has 1 atom stereocenters. The van der Waals surface area contributed by atoms with Gasteiger partial charge in [-0.15, -0.1) is 11.3 Å². The van der Waals surface area contributed by atoms with Crippen LogP contribution in [0.4, 0.5) is 18.9 Å². The molecule has 18 heavy (non-hydrogen) atoms. The van der Waals surface area contributed by atoms with E-state index in [0.717, 1.165) is 10.9 Å². The van der Waals surface area contributed by atoms with Gasteiger partial charge in [0.25, 0.3) is 0 Å². The summed E-state index contributed by atoms with van der Waals surface area (Å²) in [6.07, 6.45) is 0. The van der Waals surface area contributed by atoms with E-state index in [0.29, 0.717) is 4.34 Å². The largest absolute Gasteiger partial charge is 0.375 e. The van der Waals surface area contributed by atoms with Crippen molar-refractivity contribution in [2.24, 2.45) is 0 Å². The van der Waals surface area contributed by atoms with E-state index >= 15 is 0 Å². The maximum atomic E-state index is 13.4. The van der Waals surface area contributed by atoms with E-state index in [1.165, 1.54) is 17.4 Å². The summed E-state index contributed by atoms with van der Waals surface area (Å²) >= 11 is 7.13. The summed E-state index contributed by atoms with van der Waals surface area (Å²) in [6, 6.07) is 5.32. The summed E-state index contributed by atoms with van der Waals surface area (Å²) < 4.78 is 39.9. The third-order valence-corrected chi connectivity index (χ3v) is 3.84. The highest BCUT2D eigenvalue weighted by Gasteiger charge is 2.16. The number of thiophene rings is 1. The van der Waals surface area contributed by atoms with Crippen LogP contribution in [0.25, 0.3) is 0 Å². The van der Waals surface area contributed by atoms with Gasteiger partial charge in [-0.1, -0.05) is 11.6 Å². The second kappa shape index (κ2) is 5.20. The highest BCUT2D eigenvalue weighted by molar-refractivity contribution is 7.16. The highest BCUT2D eigenvalue weighted by atomic mass is 35.5. The molecule has 0 amide bonds. The second-order valence-electron chi connectivity index (χ2n) is 3.73. The summed E-state index contributed by atoms with van der Waals surface area (Å²) in [7, 11) is 0. The van der Waals surface area contributed by atoms with Gasteiger partial charge in [-0.2, -0.15) is 0 Å². The molecule has 96 valence electrons. The second-order valence-corrected chi connectivity index (χ2v) is 5.48. The molecule has 0 radical (unpaired) electrons. The quantitative estimate of drug-likeness (QED) is 0.785. The van der Waals surface area contributed by atoms with Gasteiger partial charge < -0.3 is 5.32 Å². The van der Waals surface area contributed by atoms with Crippen LogP contribution in [0.2, 0.25) is 4.34 Å². The third kappa shape index (κ3) is 2.62. The SMILES string of the molecule is CC(Nc1ccc(F)c(F)c1F)c1ccc(Cl)s1. The first-order chi connectivity index (χ1) is 8.49.